The van der Waals surface area contributed by atoms with E-state index in [1.807, 2.05) is 45.9 Å². The number of fused-ring (bicyclic) bond motifs is 3. The van der Waals surface area contributed by atoms with E-state index in [0.717, 1.165) is 11.1 Å². The first-order valence-electron chi connectivity index (χ1n) is 24.6. The van der Waals surface area contributed by atoms with Crippen molar-refractivity contribution in [2.75, 3.05) is 73.8 Å². The minimum atomic E-state index is -1.25. The molecule has 0 amide bonds. The van der Waals surface area contributed by atoms with Crippen LogP contribution in [-0.4, -0.2) is 184 Å². The second-order valence-corrected chi connectivity index (χ2v) is 19.3. The van der Waals surface area contributed by atoms with Crippen LogP contribution in [0.2, 0.25) is 0 Å². The van der Waals surface area contributed by atoms with Gasteiger partial charge in [0.15, 0.2) is 18.8 Å². The predicted molar refractivity (Wildman–Crippen MR) is 257 cm³/mol. The van der Waals surface area contributed by atoms with Gasteiger partial charge in [-0.15, -0.1) is 0 Å². The Morgan fingerprint density at radius 2 is 1.77 bits per heavy atom. The van der Waals surface area contributed by atoms with Crippen molar-refractivity contribution in [2.24, 2.45) is 28.8 Å². The van der Waals surface area contributed by atoms with Crippen molar-refractivity contribution >= 4 is 23.3 Å². The van der Waals surface area contributed by atoms with Gasteiger partial charge in [0.2, 0.25) is 0 Å². The molecular formula is C50H81N5O14. The molecule has 4 aliphatic rings. The van der Waals surface area contributed by atoms with Crippen LogP contribution in [-0.2, 0) is 58.7 Å². The van der Waals surface area contributed by atoms with Gasteiger partial charge in [0.05, 0.1) is 68.9 Å². The van der Waals surface area contributed by atoms with Crippen molar-refractivity contribution in [2.45, 2.75) is 153 Å². The van der Waals surface area contributed by atoms with E-state index in [1.165, 1.54) is 7.11 Å². The van der Waals surface area contributed by atoms with Gasteiger partial charge in [-0.2, -0.15) is 0 Å². The number of nitrogens with one attached hydrogen (secondary N) is 1. The molecule has 5 rings (SSSR count). The summed E-state index contributed by atoms with van der Waals surface area (Å²) in [6.45, 7) is 10.4. The number of pyridine rings is 1. The lowest BCUT2D eigenvalue weighted by Gasteiger charge is -2.47. The monoisotopic (exact) mass is 976 g/mol. The van der Waals surface area contributed by atoms with Gasteiger partial charge in [-0.3, -0.25) is 14.9 Å². The number of allylic oxidation sites excluding steroid dienone is 3. The Morgan fingerprint density at radius 1 is 1.00 bits per heavy atom. The average molecular weight is 976 g/mol. The zero-order valence-electron chi connectivity index (χ0n) is 42.1. The summed E-state index contributed by atoms with van der Waals surface area (Å²) in [5.41, 5.74) is 8.15. The summed E-state index contributed by atoms with van der Waals surface area (Å²) >= 11 is 0. The Morgan fingerprint density at radius 3 is 2.48 bits per heavy atom. The summed E-state index contributed by atoms with van der Waals surface area (Å²) < 4.78 is 50.3. The van der Waals surface area contributed by atoms with Crippen LogP contribution in [0.4, 0.5) is 5.82 Å². The standard InChI is InChI=1S/C50H81N5O14/c1-10-39-35(25-64-40-16-15-38(57)47(61-8)48(40)62-9)22-29(2)13-14-37(56)30(3)23-34-18-21-63-26-36(54-66-28-52-20-17-33-12-11-19-53-49(33)51)27-65-41(24-42(58)68-39)31(4)46(34)69-50-45(60)43(55(6)7)44(59)32(5)67-50/h11-14,19,22,30-32,34-35,38-41,43-48,50,52,57,59-60H,10,15-18,20-21,23-28H2,1-9H3,(H2,51,53)/b14-13+,29-22+,54-36+/t30-,31+,32-,34?,35-,38-,39-,40-,41-,43+,44-,45-,46-,47-,48+,50+/m1/s1. The Kier molecular flexibility index (Phi) is 22.9. The van der Waals surface area contributed by atoms with E-state index in [2.05, 4.69) is 15.5 Å². The molecule has 1 aromatic rings. The number of ketones is 1. The topological polar surface area (TPSA) is 244 Å². The summed E-state index contributed by atoms with van der Waals surface area (Å²) in [7, 11) is 6.65. The zero-order chi connectivity index (χ0) is 50.2. The van der Waals surface area contributed by atoms with Crippen LogP contribution in [0, 0.1) is 23.7 Å². The minimum Gasteiger partial charge on any atom is -0.462 e. The first-order valence-corrected chi connectivity index (χ1v) is 24.6. The molecule has 2 bridgehead atoms. The number of oxime groups is 1. The minimum absolute atomic E-state index is 0.0606. The number of carbonyl (C=O) groups excluding carboxylic acids is 2. The number of hydrogen-bond donors (Lipinski definition) is 5. The number of rotatable bonds is 15. The number of nitrogens with two attached hydrogens (primary N) is 1. The third-order valence-corrected chi connectivity index (χ3v) is 14.0. The average Bonchev–Trinajstić information content (AvgIpc) is 3.34. The lowest BCUT2D eigenvalue weighted by molar-refractivity contribution is -0.305. The van der Waals surface area contributed by atoms with E-state index in [4.69, 9.17) is 48.5 Å². The maximum absolute atomic E-state index is 14.4. The smallest absolute Gasteiger partial charge is 0.308 e. The van der Waals surface area contributed by atoms with E-state index >= 15 is 0 Å². The fraction of sp³-hybridized carbons (Fsp3) is 0.760. The quantitative estimate of drug-likeness (QED) is 0.0734. The molecule has 19 heteroatoms. The number of hydrogen-bond acceptors (Lipinski definition) is 19. The molecule has 0 aromatic carbocycles. The number of likely N-dealkylation sites (N-methyl/N-ethyl adjacent to an activating group) is 1. The normalized spacial score (nSPS) is 37.7. The fourth-order valence-electron chi connectivity index (χ4n) is 9.97. The second-order valence-electron chi connectivity index (χ2n) is 19.3. The Bertz CT molecular complexity index is 1840. The number of cyclic esters (lactones) is 1. The fourth-order valence-corrected chi connectivity index (χ4v) is 9.97. The number of aliphatic hydroxyl groups excluding tert-OH is 3. The Balaban J connectivity index is 1.46. The van der Waals surface area contributed by atoms with Crippen LogP contribution in [0.1, 0.15) is 78.7 Å². The van der Waals surface area contributed by atoms with Crippen molar-refractivity contribution in [1.29, 1.82) is 0 Å². The van der Waals surface area contributed by atoms with Gasteiger partial charge in [0.1, 0.15) is 35.9 Å². The highest BCUT2D eigenvalue weighted by molar-refractivity contribution is 5.91. The molecule has 6 N–H and O–H groups in total. The summed E-state index contributed by atoms with van der Waals surface area (Å²) in [5, 5.41) is 41.0. The second kappa shape index (κ2) is 28.0. The third-order valence-electron chi connectivity index (χ3n) is 14.0. The number of anilines is 1. The molecule has 4 heterocycles. The molecule has 1 saturated carbocycles. The van der Waals surface area contributed by atoms with E-state index in [0.29, 0.717) is 56.6 Å². The molecule has 3 aliphatic heterocycles. The van der Waals surface area contributed by atoms with Crippen molar-refractivity contribution < 1.29 is 67.6 Å². The first kappa shape index (κ1) is 56.5. The van der Waals surface area contributed by atoms with Crippen molar-refractivity contribution in [1.82, 2.24) is 15.2 Å². The van der Waals surface area contributed by atoms with Crippen molar-refractivity contribution in [3.63, 3.8) is 0 Å². The molecule has 2 saturated heterocycles. The number of carbonyl (C=O) groups is 2. The highest BCUT2D eigenvalue weighted by Gasteiger charge is 2.48. The van der Waals surface area contributed by atoms with Gasteiger partial charge in [-0.05, 0) is 90.1 Å². The summed E-state index contributed by atoms with van der Waals surface area (Å²) in [6.07, 6.45) is 1.17. The molecule has 1 aromatic heterocycles. The molecule has 1 aliphatic carbocycles. The largest absolute Gasteiger partial charge is 0.462 e. The van der Waals surface area contributed by atoms with E-state index < -0.39 is 97.1 Å². The highest BCUT2D eigenvalue weighted by Crippen LogP contribution is 2.36. The zero-order valence-corrected chi connectivity index (χ0v) is 42.1. The summed E-state index contributed by atoms with van der Waals surface area (Å²) in [5.74, 6) is -1.95. The molecule has 1 unspecified atom stereocenters. The molecule has 69 heavy (non-hydrogen) atoms. The first-order chi connectivity index (χ1) is 33.1. The molecule has 3 fully saturated rings. The van der Waals surface area contributed by atoms with Crippen LogP contribution >= 0.6 is 0 Å². The number of ether oxygens (including phenoxy) is 8. The summed E-state index contributed by atoms with van der Waals surface area (Å²) in [4.78, 5) is 40.0. The number of aromatic nitrogens is 1. The molecule has 16 atom stereocenters. The summed E-state index contributed by atoms with van der Waals surface area (Å²) in [6, 6.07) is 3.05. The van der Waals surface area contributed by atoms with Gasteiger partial charge in [0, 0.05) is 51.3 Å². The third kappa shape index (κ3) is 16.0. The number of methoxy groups -OCH3 is 2. The van der Waals surface area contributed by atoms with Crippen molar-refractivity contribution in [3.05, 3.63) is 47.7 Å². The lowest BCUT2D eigenvalue weighted by Crippen LogP contribution is -2.63. The maximum atomic E-state index is 14.4. The molecule has 390 valence electrons. The number of nitrogens with zero attached hydrogens (tertiary/aromatic N) is 3. The van der Waals surface area contributed by atoms with Crippen LogP contribution in [0.3, 0.4) is 0 Å². The Labute approximate surface area is 408 Å². The molecule has 0 radical (unpaired) electrons. The van der Waals surface area contributed by atoms with Gasteiger partial charge in [-0.1, -0.05) is 49.7 Å². The van der Waals surface area contributed by atoms with Gasteiger partial charge in [0.25, 0.3) is 0 Å². The van der Waals surface area contributed by atoms with Crippen LogP contribution < -0.4 is 11.1 Å². The SMILES string of the molecule is CC[C@H]1OC(=O)C[C@H]2OC/C(=N/OCNCCc3cccnc3N)COCCC(C[C@@H](C)C(=O)/C=C/C(C)=C/[C@@H]1CO[C@@H]1CC[C@@H](O)[C@@H](OC)[C@H]1OC)[C@H](O[C@@H]1O[C@H](C)[C@@H](O)[C@H](N(C)C)[C@H]1O)[C@H]2C. The lowest BCUT2D eigenvalue weighted by atomic mass is 9.79. The Hall–Kier alpha value is -3.44. The number of aliphatic hydroxyl groups is 3. The molecule has 19 nitrogen and oxygen atoms in total. The number of nitrogen functional groups attached to an aromatic ring is 1. The van der Waals surface area contributed by atoms with Crippen LogP contribution in [0.15, 0.2) is 47.3 Å². The number of esters is 1. The molecule has 0 spiro atoms. The van der Waals surface area contributed by atoms with Gasteiger partial charge >= 0.3 is 5.97 Å². The van der Waals surface area contributed by atoms with Crippen molar-refractivity contribution in [3.8, 4) is 0 Å². The predicted octanol–water partition coefficient (Wildman–Crippen LogP) is 2.98. The molecular weight excluding hydrogens is 895 g/mol. The highest BCUT2D eigenvalue weighted by atomic mass is 16.7. The van der Waals surface area contributed by atoms with Gasteiger partial charge < -0.3 is 68.7 Å². The van der Waals surface area contributed by atoms with Gasteiger partial charge in [-0.25, -0.2) is 4.98 Å². The van der Waals surface area contributed by atoms with E-state index in [1.54, 1.807) is 51.4 Å². The van der Waals surface area contributed by atoms with Crippen LogP contribution in [0.25, 0.3) is 0 Å². The van der Waals surface area contributed by atoms with E-state index in [-0.39, 0.29) is 51.3 Å². The van der Waals surface area contributed by atoms with E-state index in [9.17, 15) is 24.9 Å². The maximum Gasteiger partial charge on any atom is 0.308 e. The van der Waals surface area contributed by atoms with Crippen LogP contribution in [0.5, 0.6) is 0 Å².